The van der Waals surface area contributed by atoms with E-state index in [0.717, 1.165) is 0 Å². The molecule has 3 rings (SSSR count). The molecule has 2 amide bonds. The van der Waals surface area contributed by atoms with E-state index in [-0.39, 0.29) is 24.1 Å². The quantitative estimate of drug-likeness (QED) is 0.816. The fourth-order valence-corrected chi connectivity index (χ4v) is 2.91. The Kier molecular flexibility index (Phi) is 5.06. The first kappa shape index (κ1) is 17.7. The molecule has 1 N–H and O–H groups in total. The molecule has 0 bridgehead atoms. The van der Waals surface area contributed by atoms with Crippen LogP contribution in [-0.4, -0.2) is 57.3 Å². The number of aromatic amines is 1. The molecule has 2 aromatic heterocycles. The van der Waals surface area contributed by atoms with E-state index in [4.69, 9.17) is 4.42 Å². The fourth-order valence-electron chi connectivity index (χ4n) is 2.91. The van der Waals surface area contributed by atoms with Gasteiger partial charge in [0.2, 0.25) is 5.91 Å². The minimum absolute atomic E-state index is 0.150. The number of furan rings is 1. The minimum Gasteiger partial charge on any atom is -0.459 e. The largest absolute Gasteiger partial charge is 0.459 e. The summed E-state index contributed by atoms with van der Waals surface area (Å²) in [4.78, 5) is 53.6. The van der Waals surface area contributed by atoms with Crippen molar-refractivity contribution < 1.29 is 14.0 Å². The van der Waals surface area contributed by atoms with Gasteiger partial charge in [-0.3, -0.25) is 23.9 Å². The number of rotatable bonds is 3. The third-order valence-corrected chi connectivity index (χ3v) is 4.36. The van der Waals surface area contributed by atoms with Gasteiger partial charge < -0.3 is 14.2 Å². The molecule has 1 aliphatic heterocycles. The van der Waals surface area contributed by atoms with Gasteiger partial charge >= 0.3 is 5.69 Å². The van der Waals surface area contributed by atoms with Gasteiger partial charge in [0, 0.05) is 37.9 Å². The van der Waals surface area contributed by atoms with E-state index >= 15 is 0 Å². The molecule has 0 unspecified atom stereocenters. The summed E-state index contributed by atoms with van der Waals surface area (Å²) in [6, 6.07) is 3.27. The summed E-state index contributed by atoms with van der Waals surface area (Å²) in [6.07, 6.45) is 3.46. The number of aryl methyl sites for hydroxylation is 1. The molecule has 1 saturated heterocycles. The van der Waals surface area contributed by atoms with Gasteiger partial charge in [-0.05, 0) is 25.5 Å². The second-order valence-electron chi connectivity index (χ2n) is 6.20. The molecule has 0 spiro atoms. The zero-order valence-corrected chi connectivity index (χ0v) is 14.4. The lowest BCUT2D eigenvalue weighted by Gasteiger charge is -2.22. The fraction of sp³-hybridized carbons (Fsp3) is 0.412. The molecule has 2 aromatic rings. The van der Waals surface area contributed by atoms with Crippen molar-refractivity contribution >= 4 is 11.8 Å². The number of hydrogen-bond acceptors (Lipinski definition) is 5. The smallest absolute Gasteiger partial charge is 0.328 e. The van der Waals surface area contributed by atoms with Crippen molar-refractivity contribution in [2.24, 2.45) is 0 Å². The van der Waals surface area contributed by atoms with Crippen LogP contribution in [0.15, 0.2) is 38.6 Å². The highest BCUT2D eigenvalue weighted by Gasteiger charge is 2.24. The molecule has 1 fully saturated rings. The normalized spacial score (nSPS) is 15.0. The minimum atomic E-state index is -0.613. The lowest BCUT2D eigenvalue weighted by molar-refractivity contribution is -0.131. The average Bonchev–Trinajstić information content (AvgIpc) is 3.03. The van der Waals surface area contributed by atoms with Gasteiger partial charge in [0.15, 0.2) is 5.76 Å². The summed E-state index contributed by atoms with van der Waals surface area (Å²) < 4.78 is 6.33. The molecule has 26 heavy (non-hydrogen) atoms. The van der Waals surface area contributed by atoms with Crippen molar-refractivity contribution in [3.05, 3.63) is 56.8 Å². The highest BCUT2D eigenvalue weighted by atomic mass is 16.3. The number of carbonyl (C=O) groups is 2. The first-order valence-corrected chi connectivity index (χ1v) is 8.36. The predicted molar refractivity (Wildman–Crippen MR) is 91.9 cm³/mol. The zero-order chi connectivity index (χ0) is 18.7. The molecule has 0 radical (unpaired) electrons. The van der Waals surface area contributed by atoms with E-state index < -0.39 is 11.2 Å². The van der Waals surface area contributed by atoms with E-state index in [1.807, 2.05) is 0 Å². The third-order valence-electron chi connectivity index (χ3n) is 4.36. The average molecular weight is 360 g/mol. The Hall–Kier alpha value is -3.10. The monoisotopic (exact) mass is 360 g/mol. The van der Waals surface area contributed by atoms with Crippen molar-refractivity contribution in [3.8, 4) is 0 Å². The first-order chi connectivity index (χ1) is 12.5. The number of amides is 2. The standard InChI is InChI=1S/C17H20N4O5/c1-12-10-21(17(25)18-15(12)23)11-14(22)19-5-3-6-20(8-7-19)16(24)13-4-2-9-26-13/h2,4,9-10H,3,5-8,11H2,1H3,(H,18,23,25). The van der Waals surface area contributed by atoms with E-state index in [1.165, 1.54) is 17.0 Å². The molecule has 1 aliphatic rings. The number of aromatic nitrogens is 2. The van der Waals surface area contributed by atoms with Crippen LogP contribution >= 0.6 is 0 Å². The Morgan fingerprint density at radius 2 is 1.88 bits per heavy atom. The molecular weight excluding hydrogens is 340 g/mol. The maximum absolute atomic E-state index is 12.5. The Balaban J connectivity index is 1.65. The van der Waals surface area contributed by atoms with Crippen molar-refractivity contribution in [3.63, 3.8) is 0 Å². The first-order valence-electron chi connectivity index (χ1n) is 8.36. The molecule has 0 saturated carbocycles. The Bertz CT molecular complexity index is 912. The van der Waals surface area contributed by atoms with E-state index in [1.54, 1.807) is 28.9 Å². The summed E-state index contributed by atoms with van der Waals surface area (Å²) in [5, 5.41) is 0. The lowest BCUT2D eigenvalue weighted by atomic mass is 10.3. The SMILES string of the molecule is Cc1cn(CC(=O)N2CCCN(C(=O)c3ccco3)CC2)c(=O)[nH]c1=O. The van der Waals surface area contributed by atoms with Crippen molar-refractivity contribution in [1.29, 1.82) is 0 Å². The third kappa shape index (κ3) is 3.76. The van der Waals surface area contributed by atoms with Crippen LogP contribution in [0.5, 0.6) is 0 Å². The summed E-state index contributed by atoms with van der Waals surface area (Å²) in [7, 11) is 0. The highest BCUT2D eigenvalue weighted by Crippen LogP contribution is 2.10. The van der Waals surface area contributed by atoms with E-state index in [2.05, 4.69) is 4.98 Å². The molecule has 3 heterocycles. The van der Waals surface area contributed by atoms with E-state index in [9.17, 15) is 19.2 Å². The van der Waals surface area contributed by atoms with Crippen molar-refractivity contribution in [2.45, 2.75) is 19.9 Å². The molecule has 9 heteroatoms. The van der Waals surface area contributed by atoms with Crippen LogP contribution in [0.3, 0.4) is 0 Å². The topological polar surface area (TPSA) is 109 Å². The van der Waals surface area contributed by atoms with Gasteiger partial charge in [-0.1, -0.05) is 0 Å². The van der Waals surface area contributed by atoms with Crippen LogP contribution in [0.25, 0.3) is 0 Å². The molecule has 138 valence electrons. The molecule has 0 aliphatic carbocycles. The maximum Gasteiger partial charge on any atom is 0.328 e. The van der Waals surface area contributed by atoms with Gasteiger partial charge in [-0.15, -0.1) is 0 Å². The van der Waals surface area contributed by atoms with Crippen LogP contribution in [0, 0.1) is 6.92 Å². The molecular formula is C17H20N4O5. The lowest BCUT2D eigenvalue weighted by Crippen LogP contribution is -2.41. The number of carbonyl (C=O) groups excluding carboxylic acids is 2. The second kappa shape index (κ2) is 7.42. The maximum atomic E-state index is 12.5. The summed E-state index contributed by atoms with van der Waals surface area (Å²) in [6.45, 7) is 3.22. The van der Waals surface area contributed by atoms with Crippen LogP contribution in [0.4, 0.5) is 0 Å². The second-order valence-corrected chi connectivity index (χ2v) is 6.20. The molecule has 0 atom stereocenters. The number of nitrogens with zero attached hydrogens (tertiary/aromatic N) is 3. The zero-order valence-electron chi connectivity index (χ0n) is 14.4. The Morgan fingerprint density at radius 3 is 2.62 bits per heavy atom. The van der Waals surface area contributed by atoms with Gasteiger partial charge in [0.25, 0.3) is 11.5 Å². The number of nitrogens with one attached hydrogen (secondary N) is 1. The summed E-state index contributed by atoms with van der Waals surface area (Å²) in [5.41, 5.74) is -0.706. The number of H-pyrrole nitrogens is 1. The van der Waals surface area contributed by atoms with Gasteiger partial charge in [0.05, 0.1) is 6.26 Å². The van der Waals surface area contributed by atoms with Crippen molar-refractivity contribution in [1.82, 2.24) is 19.4 Å². The summed E-state index contributed by atoms with van der Waals surface area (Å²) in [5.74, 6) is -0.150. The van der Waals surface area contributed by atoms with Crippen LogP contribution in [-0.2, 0) is 11.3 Å². The van der Waals surface area contributed by atoms with Crippen LogP contribution < -0.4 is 11.2 Å². The number of hydrogen-bond donors (Lipinski definition) is 1. The predicted octanol–water partition coefficient (Wildman–Crippen LogP) is -0.187. The Labute approximate surface area is 148 Å². The highest BCUT2D eigenvalue weighted by molar-refractivity contribution is 5.91. The van der Waals surface area contributed by atoms with Crippen LogP contribution in [0.1, 0.15) is 22.5 Å². The Morgan fingerprint density at radius 1 is 1.15 bits per heavy atom. The molecule has 9 nitrogen and oxygen atoms in total. The van der Waals surface area contributed by atoms with Crippen molar-refractivity contribution in [2.75, 3.05) is 26.2 Å². The van der Waals surface area contributed by atoms with Crippen LogP contribution in [0.2, 0.25) is 0 Å². The summed E-state index contributed by atoms with van der Waals surface area (Å²) >= 11 is 0. The van der Waals surface area contributed by atoms with Gasteiger partial charge in [0.1, 0.15) is 6.54 Å². The van der Waals surface area contributed by atoms with E-state index in [0.29, 0.717) is 38.2 Å². The van der Waals surface area contributed by atoms with Gasteiger partial charge in [-0.2, -0.15) is 0 Å². The van der Waals surface area contributed by atoms with Gasteiger partial charge in [-0.25, -0.2) is 4.79 Å². The molecule has 0 aromatic carbocycles.